The molecule has 2 atom stereocenters. The molecule has 5 heteroatoms. The number of halogens is 1. The Hall–Kier alpha value is -1.59. The van der Waals surface area contributed by atoms with Crippen molar-refractivity contribution in [3.63, 3.8) is 0 Å². The van der Waals surface area contributed by atoms with Crippen LogP contribution < -0.4 is 10.1 Å². The molecule has 0 radical (unpaired) electrons. The number of allylic oxidation sites excluding steroid dienone is 2. The topological polar surface area (TPSA) is 58.6 Å². The number of phenols is 1. The van der Waals surface area contributed by atoms with Gasteiger partial charge in [0.15, 0.2) is 17.3 Å². The monoisotopic (exact) mass is 417 g/mol. The van der Waals surface area contributed by atoms with Crippen LogP contribution in [0.2, 0.25) is 0 Å². The standard InChI is InChI=1S/C21H24BrNO3/c1-26-20-11-18(22)16(17(21(20)25)8-12-2-3-12)10-19-15-5-4-14(24)9-13(15)6-7-23-19/h8-9,11,15,19,23,25H,2-7,10H2,1H3. The molecule has 26 heavy (non-hydrogen) atoms. The number of phenolic OH excluding ortho intramolecular Hbond substituents is 1. The quantitative estimate of drug-likeness (QED) is 0.772. The fraction of sp³-hybridized carbons (Fsp3) is 0.476. The van der Waals surface area contributed by atoms with Crippen molar-refractivity contribution in [2.24, 2.45) is 5.92 Å². The fourth-order valence-electron chi connectivity index (χ4n) is 4.18. The maximum Gasteiger partial charge on any atom is 0.165 e. The summed E-state index contributed by atoms with van der Waals surface area (Å²) in [6.07, 6.45) is 9.51. The summed E-state index contributed by atoms with van der Waals surface area (Å²) in [5.41, 5.74) is 4.63. The van der Waals surface area contributed by atoms with Crippen molar-refractivity contribution >= 4 is 27.8 Å². The van der Waals surface area contributed by atoms with E-state index in [4.69, 9.17) is 4.74 Å². The Bertz CT molecular complexity index is 806. The number of rotatable bonds is 4. The summed E-state index contributed by atoms with van der Waals surface area (Å²) in [4.78, 5) is 11.8. The zero-order valence-electron chi connectivity index (χ0n) is 15.0. The molecule has 1 saturated carbocycles. The van der Waals surface area contributed by atoms with Crippen LogP contribution in [0.4, 0.5) is 0 Å². The number of piperidine rings is 1. The molecule has 1 aromatic rings. The summed E-state index contributed by atoms with van der Waals surface area (Å²) >= 11 is 3.69. The predicted octanol–water partition coefficient (Wildman–Crippen LogP) is 4.15. The highest BCUT2D eigenvalue weighted by Crippen LogP contribution is 2.43. The van der Waals surface area contributed by atoms with Crippen LogP contribution in [-0.4, -0.2) is 30.6 Å². The first-order valence-electron chi connectivity index (χ1n) is 9.31. The van der Waals surface area contributed by atoms with Crippen molar-refractivity contribution < 1.29 is 14.6 Å². The molecular formula is C21H24BrNO3. The van der Waals surface area contributed by atoms with Gasteiger partial charge in [0, 0.05) is 22.5 Å². The van der Waals surface area contributed by atoms with E-state index in [1.54, 1.807) is 7.11 Å². The number of carbonyl (C=O) groups excluding carboxylic acids is 1. The van der Waals surface area contributed by atoms with Gasteiger partial charge in [0.05, 0.1) is 7.11 Å². The van der Waals surface area contributed by atoms with Gasteiger partial charge >= 0.3 is 0 Å². The molecule has 3 aliphatic rings. The van der Waals surface area contributed by atoms with Gasteiger partial charge in [0.25, 0.3) is 0 Å². The van der Waals surface area contributed by atoms with E-state index in [1.165, 1.54) is 11.1 Å². The molecule has 1 heterocycles. The minimum atomic E-state index is 0.218. The number of fused-ring (bicyclic) bond motifs is 1. The molecule has 2 unspecified atom stereocenters. The molecule has 4 rings (SSSR count). The van der Waals surface area contributed by atoms with Crippen LogP contribution in [0.1, 0.15) is 43.2 Å². The van der Waals surface area contributed by atoms with Crippen LogP contribution in [0.25, 0.3) is 6.08 Å². The molecule has 1 aliphatic heterocycles. The third kappa shape index (κ3) is 3.47. The molecule has 0 spiro atoms. The summed E-state index contributed by atoms with van der Waals surface area (Å²) in [5, 5.41) is 14.3. The van der Waals surface area contributed by atoms with E-state index in [0.29, 0.717) is 18.1 Å². The Kier molecular flexibility index (Phi) is 4.93. The Balaban J connectivity index is 1.69. The molecule has 0 aromatic heterocycles. The second-order valence-electron chi connectivity index (χ2n) is 7.45. The van der Waals surface area contributed by atoms with Gasteiger partial charge in [-0.15, -0.1) is 0 Å². The third-order valence-electron chi connectivity index (χ3n) is 5.72. The Labute approximate surface area is 162 Å². The lowest BCUT2D eigenvalue weighted by molar-refractivity contribution is -0.115. The largest absolute Gasteiger partial charge is 0.504 e. The molecule has 1 aromatic carbocycles. The normalized spacial score (nSPS) is 24.8. The summed E-state index contributed by atoms with van der Waals surface area (Å²) in [6.45, 7) is 0.899. The fourth-order valence-corrected chi connectivity index (χ4v) is 4.76. The van der Waals surface area contributed by atoms with Crippen molar-refractivity contribution in [2.75, 3.05) is 13.7 Å². The van der Waals surface area contributed by atoms with E-state index in [-0.39, 0.29) is 17.6 Å². The minimum Gasteiger partial charge on any atom is -0.504 e. The van der Waals surface area contributed by atoms with Crippen LogP contribution >= 0.6 is 15.9 Å². The molecule has 0 amide bonds. The molecule has 4 nitrogen and oxygen atoms in total. The summed E-state index contributed by atoms with van der Waals surface area (Å²) in [6, 6.07) is 2.13. The van der Waals surface area contributed by atoms with Crippen molar-refractivity contribution in [1.29, 1.82) is 0 Å². The van der Waals surface area contributed by atoms with Gasteiger partial charge in [0.1, 0.15) is 0 Å². The SMILES string of the molecule is COc1cc(Br)c(CC2NCCC3=CC(=O)CCC32)c(C=C2CC2)c1O. The van der Waals surface area contributed by atoms with Crippen LogP contribution in [0, 0.1) is 5.92 Å². The Morgan fingerprint density at radius 2 is 2.15 bits per heavy atom. The van der Waals surface area contributed by atoms with E-state index in [0.717, 1.165) is 54.2 Å². The van der Waals surface area contributed by atoms with Gasteiger partial charge in [-0.2, -0.15) is 0 Å². The second kappa shape index (κ2) is 7.20. The number of hydrogen-bond donors (Lipinski definition) is 2. The van der Waals surface area contributed by atoms with Crippen LogP contribution in [0.15, 0.2) is 27.8 Å². The lowest BCUT2D eigenvalue weighted by Gasteiger charge is -2.37. The summed E-state index contributed by atoms with van der Waals surface area (Å²) < 4.78 is 6.30. The molecule has 2 aliphatic carbocycles. The van der Waals surface area contributed by atoms with Gasteiger partial charge in [-0.05, 0) is 62.3 Å². The van der Waals surface area contributed by atoms with Crippen molar-refractivity contribution in [1.82, 2.24) is 5.32 Å². The Morgan fingerprint density at radius 3 is 2.88 bits per heavy atom. The van der Waals surface area contributed by atoms with E-state index in [9.17, 15) is 9.90 Å². The molecule has 2 N–H and O–H groups in total. The number of benzene rings is 1. The van der Waals surface area contributed by atoms with E-state index < -0.39 is 0 Å². The van der Waals surface area contributed by atoms with Crippen LogP contribution in [0.5, 0.6) is 11.5 Å². The molecule has 0 bridgehead atoms. The lowest BCUT2D eigenvalue weighted by atomic mass is 9.76. The van der Waals surface area contributed by atoms with Crippen molar-refractivity contribution in [2.45, 2.75) is 44.6 Å². The van der Waals surface area contributed by atoms with Crippen LogP contribution in [0.3, 0.4) is 0 Å². The highest BCUT2D eigenvalue weighted by Gasteiger charge is 2.33. The lowest BCUT2D eigenvalue weighted by Crippen LogP contribution is -2.45. The van der Waals surface area contributed by atoms with E-state index >= 15 is 0 Å². The van der Waals surface area contributed by atoms with Crippen LogP contribution in [-0.2, 0) is 11.2 Å². The highest BCUT2D eigenvalue weighted by molar-refractivity contribution is 9.10. The molecule has 2 fully saturated rings. The zero-order valence-corrected chi connectivity index (χ0v) is 16.6. The number of methoxy groups -OCH3 is 1. The second-order valence-corrected chi connectivity index (χ2v) is 8.30. The number of nitrogens with one attached hydrogen (secondary N) is 1. The first kappa shape index (κ1) is 17.8. The predicted molar refractivity (Wildman–Crippen MR) is 105 cm³/mol. The zero-order chi connectivity index (χ0) is 18.3. The molecule has 1 saturated heterocycles. The number of aromatic hydroxyl groups is 1. The smallest absolute Gasteiger partial charge is 0.165 e. The first-order chi connectivity index (χ1) is 12.6. The van der Waals surface area contributed by atoms with Crippen molar-refractivity contribution in [3.05, 3.63) is 38.9 Å². The van der Waals surface area contributed by atoms with Gasteiger partial charge in [0.2, 0.25) is 0 Å². The molecule has 138 valence electrons. The first-order valence-corrected chi connectivity index (χ1v) is 10.1. The maximum absolute atomic E-state index is 11.8. The number of ketones is 1. The van der Waals surface area contributed by atoms with Gasteiger partial charge in [-0.3, -0.25) is 4.79 Å². The average Bonchev–Trinajstić information content (AvgIpc) is 3.44. The number of ether oxygens (including phenoxy) is 1. The van der Waals surface area contributed by atoms with Crippen molar-refractivity contribution in [3.8, 4) is 11.5 Å². The number of hydrogen-bond acceptors (Lipinski definition) is 4. The van der Waals surface area contributed by atoms with Gasteiger partial charge in [-0.1, -0.05) is 33.2 Å². The Morgan fingerprint density at radius 1 is 1.35 bits per heavy atom. The molecular weight excluding hydrogens is 394 g/mol. The maximum atomic E-state index is 11.8. The van der Waals surface area contributed by atoms with Gasteiger partial charge in [-0.25, -0.2) is 0 Å². The number of carbonyl (C=O) groups is 1. The average molecular weight is 418 g/mol. The van der Waals surface area contributed by atoms with E-state index in [2.05, 4.69) is 27.3 Å². The third-order valence-corrected chi connectivity index (χ3v) is 6.43. The highest BCUT2D eigenvalue weighted by atomic mass is 79.9. The van der Waals surface area contributed by atoms with Gasteiger partial charge < -0.3 is 15.2 Å². The van der Waals surface area contributed by atoms with E-state index in [1.807, 2.05) is 12.1 Å². The summed E-state index contributed by atoms with van der Waals surface area (Å²) in [5.74, 6) is 1.38. The minimum absolute atomic E-state index is 0.218. The summed E-state index contributed by atoms with van der Waals surface area (Å²) in [7, 11) is 1.58.